The van der Waals surface area contributed by atoms with E-state index in [0.29, 0.717) is 18.6 Å². The molecule has 1 aliphatic heterocycles. The van der Waals surface area contributed by atoms with Crippen molar-refractivity contribution in [1.29, 1.82) is 0 Å². The zero-order valence-electron chi connectivity index (χ0n) is 13.4. The van der Waals surface area contributed by atoms with Crippen LogP contribution in [0, 0.1) is 0 Å². The fourth-order valence-corrected chi connectivity index (χ4v) is 2.92. The topological polar surface area (TPSA) is 55.8 Å². The Hall–Kier alpha value is -2.07. The summed E-state index contributed by atoms with van der Waals surface area (Å²) < 4.78 is 11.3. The summed E-state index contributed by atoms with van der Waals surface area (Å²) in [7, 11) is 0. The normalized spacial score (nSPS) is 18.2. The predicted molar refractivity (Wildman–Crippen MR) is 89.6 cm³/mol. The monoisotopic (exact) mass is 316 g/mol. The van der Waals surface area contributed by atoms with Gasteiger partial charge in [0.25, 0.3) is 0 Å². The lowest BCUT2D eigenvalue weighted by Gasteiger charge is -2.28. The average molecular weight is 316 g/mol. The lowest BCUT2D eigenvalue weighted by molar-refractivity contribution is -0.143. The summed E-state index contributed by atoms with van der Waals surface area (Å²) in [5.74, 6) is -0.182. The van der Waals surface area contributed by atoms with Crippen LogP contribution < -0.4 is 4.74 Å². The summed E-state index contributed by atoms with van der Waals surface area (Å²) in [6.45, 7) is 8.11. The molecule has 1 aromatic carbocycles. The zero-order chi connectivity index (χ0) is 16.7. The van der Waals surface area contributed by atoms with Gasteiger partial charge in [0.15, 0.2) is 6.29 Å². The smallest absolute Gasteiger partial charge is 0.314 e. The summed E-state index contributed by atoms with van der Waals surface area (Å²) in [5.41, 5.74) is -0.301. The second kappa shape index (κ2) is 7.97. The maximum Gasteiger partial charge on any atom is 0.314 e. The number of hydrogen-bond donors (Lipinski definition) is 1. The molecule has 1 N–H and O–H groups in total. The minimum Gasteiger partial charge on any atom is -0.481 e. The Labute approximate surface area is 137 Å². The zero-order valence-corrected chi connectivity index (χ0v) is 13.4. The lowest BCUT2D eigenvalue weighted by Crippen LogP contribution is -2.35. The molecule has 0 aliphatic carbocycles. The quantitative estimate of drug-likeness (QED) is 0.735. The fraction of sp³-hybridized carbons (Fsp3) is 0.421. The molecule has 0 amide bonds. The van der Waals surface area contributed by atoms with E-state index in [2.05, 4.69) is 13.2 Å². The van der Waals surface area contributed by atoms with Crippen molar-refractivity contribution in [2.45, 2.75) is 43.8 Å². The van der Waals surface area contributed by atoms with Gasteiger partial charge in [-0.2, -0.15) is 0 Å². The Morgan fingerprint density at radius 2 is 1.91 bits per heavy atom. The summed E-state index contributed by atoms with van der Waals surface area (Å²) in [6.07, 6.45) is 6.82. The van der Waals surface area contributed by atoms with E-state index in [-0.39, 0.29) is 6.29 Å². The highest BCUT2D eigenvalue weighted by Crippen LogP contribution is 2.34. The minimum absolute atomic E-state index is 0.208. The molecule has 1 aliphatic rings. The molecular weight excluding hydrogens is 292 g/mol. The molecule has 23 heavy (non-hydrogen) atoms. The Balaban J connectivity index is 2.18. The van der Waals surface area contributed by atoms with E-state index in [1.165, 1.54) is 0 Å². The van der Waals surface area contributed by atoms with Crippen LogP contribution in [0.4, 0.5) is 0 Å². The highest BCUT2D eigenvalue weighted by atomic mass is 16.7. The summed E-state index contributed by atoms with van der Waals surface area (Å²) in [6, 6.07) is 7.22. The largest absolute Gasteiger partial charge is 0.481 e. The van der Waals surface area contributed by atoms with Crippen LogP contribution in [0.1, 0.15) is 37.7 Å². The number of rotatable bonds is 8. The molecular formula is C19H24O4. The van der Waals surface area contributed by atoms with Crippen molar-refractivity contribution >= 4 is 5.97 Å². The first kappa shape index (κ1) is 17.3. The number of carboxylic acid groups (broad SMARTS) is 1. The Morgan fingerprint density at radius 1 is 1.26 bits per heavy atom. The maximum atomic E-state index is 11.9. The van der Waals surface area contributed by atoms with Crippen molar-refractivity contribution in [3.8, 4) is 5.75 Å². The summed E-state index contributed by atoms with van der Waals surface area (Å²) in [4.78, 5) is 11.9. The molecule has 0 radical (unpaired) electrons. The number of carbonyl (C=O) groups is 1. The van der Waals surface area contributed by atoms with E-state index in [1.807, 2.05) is 0 Å². The Morgan fingerprint density at radius 3 is 2.39 bits per heavy atom. The van der Waals surface area contributed by atoms with Crippen molar-refractivity contribution in [2.24, 2.45) is 0 Å². The molecule has 1 fully saturated rings. The molecule has 0 aromatic heterocycles. The summed E-state index contributed by atoms with van der Waals surface area (Å²) >= 11 is 0. The standard InChI is InChI=1S/C19H24O4/c1-3-12-19(13-4-2,18(20)21)15-8-10-16(11-9-15)23-17-7-5-6-14-22-17/h3-4,8-11,17H,1-2,5-7,12-14H2,(H,20,21). The number of ether oxygens (including phenoxy) is 2. The van der Waals surface area contributed by atoms with Gasteiger partial charge < -0.3 is 14.6 Å². The summed E-state index contributed by atoms with van der Waals surface area (Å²) in [5, 5.41) is 9.72. The molecule has 0 saturated carbocycles. The van der Waals surface area contributed by atoms with Crippen molar-refractivity contribution < 1.29 is 19.4 Å². The molecule has 1 atom stereocenters. The van der Waals surface area contributed by atoms with E-state index in [4.69, 9.17) is 9.47 Å². The van der Waals surface area contributed by atoms with Crippen LogP contribution in [0.5, 0.6) is 5.75 Å². The van der Waals surface area contributed by atoms with E-state index < -0.39 is 11.4 Å². The van der Waals surface area contributed by atoms with Crippen LogP contribution in [0.25, 0.3) is 0 Å². The van der Waals surface area contributed by atoms with E-state index in [1.54, 1.807) is 36.4 Å². The lowest BCUT2D eigenvalue weighted by atomic mass is 9.75. The number of allylic oxidation sites excluding steroid dienone is 2. The Bertz CT molecular complexity index is 531. The van der Waals surface area contributed by atoms with Gasteiger partial charge in [0.05, 0.1) is 12.0 Å². The van der Waals surface area contributed by atoms with Crippen LogP contribution in [-0.4, -0.2) is 24.0 Å². The van der Waals surface area contributed by atoms with Crippen LogP contribution in [0.3, 0.4) is 0 Å². The van der Waals surface area contributed by atoms with Crippen LogP contribution in [-0.2, 0) is 14.9 Å². The maximum absolute atomic E-state index is 11.9. The molecule has 124 valence electrons. The third-order valence-corrected chi connectivity index (χ3v) is 4.21. The molecule has 2 rings (SSSR count). The van der Waals surface area contributed by atoms with Crippen LogP contribution >= 0.6 is 0 Å². The van der Waals surface area contributed by atoms with Gasteiger partial charge >= 0.3 is 5.97 Å². The number of hydrogen-bond acceptors (Lipinski definition) is 3. The molecule has 0 bridgehead atoms. The number of aliphatic carboxylic acids is 1. The number of benzene rings is 1. The molecule has 1 saturated heterocycles. The highest BCUT2D eigenvalue weighted by molar-refractivity contribution is 5.82. The van der Waals surface area contributed by atoms with Gasteiger partial charge in [-0.3, -0.25) is 4.79 Å². The molecule has 1 unspecified atom stereocenters. The van der Waals surface area contributed by atoms with Crippen molar-refractivity contribution in [1.82, 2.24) is 0 Å². The second-order valence-electron chi connectivity index (χ2n) is 5.81. The first-order valence-corrected chi connectivity index (χ1v) is 7.96. The van der Waals surface area contributed by atoms with Gasteiger partial charge in [-0.1, -0.05) is 24.3 Å². The first-order chi connectivity index (χ1) is 11.1. The van der Waals surface area contributed by atoms with Crippen LogP contribution in [0.15, 0.2) is 49.6 Å². The van der Waals surface area contributed by atoms with Gasteiger partial charge in [-0.15, -0.1) is 13.2 Å². The second-order valence-corrected chi connectivity index (χ2v) is 5.81. The number of carboxylic acids is 1. The molecule has 0 spiro atoms. The highest BCUT2D eigenvalue weighted by Gasteiger charge is 2.38. The van der Waals surface area contributed by atoms with Crippen molar-refractivity contribution in [3.05, 3.63) is 55.1 Å². The van der Waals surface area contributed by atoms with E-state index in [9.17, 15) is 9.90 Å². The molecule has 1 heterocycles. The van der Waals surface area contributed by atoms with E-state index in [0.717, 1.165) is 31.4 Å². The van der Waals surface area contributed by atoms with Gasteiger partial charge in [0.2, 0.25) is 0 Å². The molecule has 4 nitrogen and oxygen atoms in total. The average Bonchev–Trinajstić information content (AvgIpc) is 2.56. The van der Waals surface area contributed by atoms with Gasteiger partial charge in [0.1, 0.15) is 5.75 Å². The van der Waals surface area contributed by atoms with Crippen LogP contribution in [0.2, 0.25) is 0 Å². The fourth-order valence-electron chi connectivity index (χ4n) is 2.92. The minimum atomic E-state index is -1.02. The van der Waals surface area contributed by atoms with Gasteiger partial charge in [-0.05, 0) is 43.4 Å². The first-order valence-electron chi connectivity index (χ1n) is 7.96. The van der Waals surface area contributed by atoms with Crippen molar-refractivity contribution in [3.63, 3.8) is 0 Å². The third kappa shape index (κ3) is 4.02. The van der Waals surface area contributed by atoms with Gasteiger partial charge in [0, 0.05) is 6.42 Å². The third-order valence-electron chi connectivity index (χ3n) is 4.21. The molecule has 1 aromatic rings. The van der Waals surface area contributed by atoms with Gasteiger partial charge in [-0.25, -0.2) is 0 Å². The molecule has 4 heteroatoms. The van der Waals surface area contributed by atoms with E-state index >= 15 is 0 Å². The Kier molecular flexibility index (Phi) is 5.99. The predicted octanol–water partition coefficient (Wildman–Crippen LogP) is 4.07. The SMILES string of the molecule is C=CCC(CC=C)(C(=O)O)c1ccc(OC2CCCCO2)cc1. The van der Waals surface area contributed by atoms with Crippen molar-refractivity contribution in [2.75, 3.05) is 6.61 Å².